The topological polar surface area (TPSA) is 38.9 Å². The van der Waals surface area contributed by atoms with Crippen LogP contribution in [0.1, 0.15) is 5.56 Å². The molecule has 0 spiro atoms. The summed E-state index contributed by atoms with van der Waals surface area (Å²) in [4.78, 5) is 0. The van der Waals surface area contributed by atoms with Crippen LogP contribution < -0.4 is 0 Å². The van der Waals surface area contributed by atoms with Gasteiger partial charge in [0.15, 0.2) is 0 Å². The molecule has 0 bridgehead atoms. The second-order valence-corrected chi connectivity index (χ2v) is 6.22. The molecule has 0 aliphatic rings. The quantitative estimate of drug-likeness (QED) is 0.590. The fourth-order valence-electron chi connectivity index (χ4n) is 1.79. The molecule has 0 saturated carbocycles. The Hall–Kier alpha value is -1.73. The Kier molecular flexibility index (Phi) is 4.54. The molecule has 3 nitrogen and oxygen atoms in total. The van der Waals surface area contributed by atoms with Gasteiger partial charge in [0.2, 0.25) is 0 Å². The van der Waals surface area contributed by atoms with Gasteiger partial charge in [0.25, 0.3) is 11.1 Å². The summed E-state index contributed by atoms with van der Waals surface area (Å²) in [6.07, 6.45) is 0. The number of hydrogen-bond donors (Lipinski definition) is 0. The Morgan fingerprint density at radius 3 is 2.64 bits per heavy atom. The van der Waals surface area contributed by atoms with Gasteiger partial charge in [0.1, 0.15) is 11.6 Å². The number of nitrogens with zero attached hydrogens (tertiary/aromatic N) is 2. The van der Waals surface area contributed by atoms with Crippen LogP contribution in [0.4, 0.5) is 8.78 Å². The van der Waals surface area contributed by atoms with Crippen molar-refractivity contribution in [1.29, 1.82) is 0 Å². The summed E-state index contributed by atoms with van der Waals surface area (Å²) in [5.41, 5.74) is 0.774. The summed E-state index contributed by atoms with van der Waals surface area (Å²) in [5.74, 6) is -0.285. The molecule has 0 N–H and O–H groups in total. The van der Waals surface area contributed by atoms with Crippen molar-refractivity contribution >= 4 is 27.7 Å². The minimum absolute atomic E-state index is 0.108. The van der Waals surface area contributed by atoms with Crippen LogP contribution >= 0.6 is 27.7 Å². The minimum atomic E-state index is -0.429. The first-order valence-electron chi connectivity index (χ1n) is 6.28. The second-order valence-electron chi connectivity index (χ2n) is 4.38. The van der Waals surface area contributed by atoms with Gasteiger partial charge in [-0.3, -0.25) is 0 Å². The van der Waals surface area contributed by atoms with E-state index in [-0.39, 0.29) is 22.5 Å². The first-order chi connectivity index (χ1) is 10.6. The Labute approximate surface area is 137 Å². The highest BCUT2D eigenvalue weighted by Gasteiger charge is 2.13. The van der Waals surface area contributed by atoms with Gasteiger partial charge >= 0.3 is 0 Å². The highest BCUT2D eigenvalue weighted by Crippen LogP contribution is 2.28. The van der Waals surface area contributed by atoms with E-state index in [4.69, 9.17) is 4.42 Å². The summed E-state index contributed by atoms with van der Waals surface area (Å²) in [6, 6.07) is 11.0. The molecule has 0 radical (unpaired) electrons. The molecule has 1 heterocycles. The molecule has 2 aromatic carbocycles. The number of thioether (sulfide) groups is 1. The molecule has 0 aliphatic heterocycles. The average Bonchev–Trinajstić information content (AvgIpc) is 2.95. The third-order valence-electron chi connectivity index (χ3n) is 2.88. The third kappa shape index (κ3) is 3.36. The average molecular weight is 383 g/mol. The number of benzene rings is 2. The lowest BCUT2D eigenvalue weighted by Crippen LogP contribution is -1.87. The first-order valence-corrected chi connectivity index (χ1v) is 8.06. The normalized spacial score (nSPS) is 10.9. The van der Waals surface area contributed by atoms with Crippen molar-refractivity contribution in [2.45, 2.75) is 11.0 Å². The Bertz CT molecular complexity index is 810. The molecule has 3 aromatic rings. The molecule has 0 unspecified atom stereocenters. The van der Waals surface area contributed by atoms with E-state index in [0.29, 0.717) is 15.8 Å². The minimum Gasteiger partial charge on any atom is -0.411 e. The Morgan fingerprint density at radius 1 is 1.05 bits per heavy atom. The maximum absolute atomic E-state index is 13.7. The predicted molar refractivity (Wildman–Crippen MR) is 83.4 cm³/mol. The number of aromatic nitrogens is 2. The van der Waals surface area contributed by atoms with Gasteiger partial charge in [0.05, 0.1) is 5.56 Å². The smallest absolute Gasteiger partial charge is 0.277 e. The fraction of sp³-hybridized carbons (Fsp3) is 0.0667. The van der Waals surface area contributed by atoms with E-state index in [1.165, 1.54) is 23.9 Å². The molecular weight excluding hydrogens is 374 g/mol. The number of halogens is 3. The molecule has 0 atom stereocenters. The molecule has 0 amide bonds. The van der Waals surface area contributed by atoms with Crippen LogP contribution in [-0.4, -0.2) is 10.2 Å². The van der Waals surface area contributed by atoms with E-state index in [2.05, 4.69) is 26.1 Å². The van der Waals surface area contributed by atoms with Crippen molar-refractivity contribution in [3.63, 3.8) is 0 Å². The molecular formula is C15H9BrF2N2OS. The lowest BCUT2D eigenvalue weighted by atomic mass is 10.2. The third-order valence-corrected chi connectivity index (χ3v) is 4.24. The van der Waals surface area contributed by atoms with Gasteiger partial charge in [-0.15, -0.1) is 10.2 Å². The Morgan fingerprint density at radius 2 is 1.86 bits per heavy atom. The van der Waals surface area contributed by atoms with Crippen molar-refractivity contribution < 1.29 is 13.2 Å². The van der Waals surface area contributed by atoms with E-state index in [1.807, 2.05) is 0 Å². The summed E-state index contributed by atoms with van der Waals surface area (Å²) in [6.45, 7) is 0. The Balaban J connectivity index is 1.74. The monoisotopic (exact) mass is 382 g/mol. The van der Waals surface area contributed by atoms with Crippen LogP contribution in [0, 0.1) is 11.6 Å². The lowest BCUT2D eigenvalue weighted by molar-refractivity contribution is 0.462. The van der Waals surface area contributed by atoms with Gasteiger partial charge < -0.3 is 4.42 Å². The van der Waals surface area contributed by atoms with E-state index in [9.17, 15) is 8.78 Å². The standard InChI is InChI=1S/C15H9BrF2N2OS/c16-10-6-5-9(13(18)7-10)8-22-15-20-19-14(21-15)11-3-1-2-4-12(11)17/h1-7H,8H2. The summed E-state index contributed by atoms with van der Waals surface area (Å²) in [5, 5.41) is 7.93. The fourth-order valence-corrected chi connectivity index (χ4v) is 2.87. The van der Waals surface area contributed by atoms with Crippen molar-refractivity contribution in [3.8, 4) is 11.5 Å². The number of hydrogen-bond acceptors (Lipinski definition) is 4. The van der Waals surface area contributed by atoms with Crippen molar-refractivity contribution in [3.05, 3.63) is 64.1 Å². The summed E-state index contributed by atoms with van der Waals surface area (Å²) in [7, 11) is 0. The van der Waals surface area contributed by atoms with Crippen LogP contribution in [0.2, 0.25) is 0 Å². The summed E-state index contributed by atoms with van der Waals surface area (Å²) >= 11 is 4.40. The van der Waals surface area contributed by atoms with Gasteiger partial charge in [0, 0.05) is 10.2 Å². The maximum Gasteiger partial charge on any atom is 0.277 e. The second kappa shape index (κ2) is 6.58. The highest BCUT2D eigenvalue weighted by atomic mass is 79.9. The molecule has 0 fully saturated rings. The zero-order valence-corrected chi connectivity index (χ0v) is 13.5. The maximum atomic E-state index is 13.7. The molecule has 3 rings (SSSR count). The van der Waals surface area contributed by atoms with E-state index >= 15 is 0 Å². The van der Waals surface area contributed by atoms with Crippen molar-refractivity contribution in [2.75, 3.05) is 0 Å². The molecule has 0 aliphatic carbocycles. The van der Waals surface area contributed by atoms with E-state index < -0.39 is 5.82 Å². The van der Waals surface area contributed by atoms with Crippen LogP contribution in [0.5, 0.6) is 0 Å². The van der Waals surface area contributed by atoms with Gasteiger partial charge in [-0.25, -0.2) is 8.78 Å². The number of rotatable bonds is 4. The highest BCUT2D eigenvalue weighted by molar-refractivity contribution is 9.10. The predicted octanol–water partition coefficient (Wildman–Crippen LogP) is 5.07. The molecule has 22 heavy (non-hydrogen) atoms. The molecule has 7 heteroatoms. The van der Waals surface area contributed by atoms with Gasteiger partial charge in [-0.1, -0.05) is 45.9 Å². The first kappa shape index (κ1) is 15.2. The molecule has 1 aromatic heterocycles. The van der Waals surface area contributed by atoms with Gasteiger partial charge in [-0.05, 0) is 29.8 Å². The zero-order valence-electron chi connectivity index (χ0n) is 11.1. The van der Waals surface area contributed by atoms with Crippen LogP contribution in [0.3, 0.4) is 0 Å². The van der Waals surface area contributed by atoms with Gasteiger partial charge in [-0.2, -0.15) is 0 Å². The summed E-state index contributed by atoms with van der Waals surface area (Å²) < 4.78 is 33.4. The van der Waals surface area contributed by atoms with Crippen molar-refractivity contribution in [2.24, 2.45) is 0 Å². The van der Waals surface area contributed by atoms with Crippen LogP contribution in [0.15, 0.2) is 56.6 Å². The zero-order chi connectivity index (χ0) is 15.5. The molecule has 112 valence electrons. The largest absolute Gasteiger partial charge is 0.411 e. The van der Waals surface area contributed by atoms with Crippen LogP contribution in [0.25, 0.3) is 11.5 Å². The van der Waals surface area contributed by atoms with Crippen molar-refractivity contribution in [1.82, 2.24) is 10.2 Å². The van der Waals surface area contributed by atoms with E-state index in [0.717, 1.165) is 0 Å². The SMILES string of the molecule is Fc1cc(Br)ccc1CSc1nnc(-c2ccccc2F)o1. The van der Waals surface area contributed by atoms with E-state index in [1.54, 1.807) is 30.3 Å². The lowest BCUT2D eigenvalue weighted by Gasteiger charge is -2.01. The van der Waals surface area contributed by atoms with Crippen LogP contribution in [-0.2, 0) is 5.75 Å². The molecule has 0 saturated heterocycles.